The molecule has 0 aromatic heterocycles. The molecule has 0 saturated carbocycles. The van der Waals surface area contributed by atoms with Crippen molar-refractivity contribution in [2.24, 2.45) is 0 Å². The Hall–Kier alpha value is -2.36. The Bertz CT molecular complexity index is 1150. The molecule has 4 atom stereocenters. The Balaban J connectivity index is 4.66. The van der Waals surface area contributed by atoms with Crippen molar-refractivity contribution >= 4 is 13.7 Å². The van der Waals surface area contributed by atoms with Gasteiger partial charge >= 0.3 is 7.82 Å². The number of hydrogen-bond acceptors (Lipinski definition) is 6. The van der Waals surface area contributed by atoms with Crippen LogP contribution in [0, 0.1) is 0 Å². The van der Waals surface area contributed by atoms with Crippen LogP contribution in [0.1, 0.15) is 123 Å². The van der Waals surface area contributed by atoms with E-state index in [1.807, 2.05) is 52.4 Å². The number of nitrogens with one attached hydrogen (secondary N) is 1. The van der Waals surface area contributed by atoms with Gasteiger partial charge in [-0.05, 0) is 70.6 Å². The molecule has 0 aliphatic carbocycles. The molecule has 0 radical (unpaired) electrons. The van der Waals surface area contributed by atoms with Gasteiger partial charge in [0.2, 0.25) is 5.91 Å². The van der Waals surface area contributed by atoms with Gasteiger partial charge in [0.15, 0.2) is 0 Å². The summed E-state index contributed by atoms with van der Waals surface area (Å²) in [6, 6.07) is -0.894. The molecule has 0 heterocycles. The van der Waals surface area contributed by atoms with Crippen molar-refractivity contribution in [1.29, 1.82) is 0 Å². The molecule has 304 valence electrons. The summed E-state index contributed by atoms with van der Waals surface area (Å²) in [6.45, 7) is 4.33. The number of likely N-dealkylation sites (N-methyl/N-ethyl adjacent to an activating group) is 1. The van der Waals surface area contributed by atoms with E-state index in [9.17, 15) is 24.5 Å². The first-order chi connectivity index (χ1) is 25.4. The predicted octanol–water partition coefficient (Wildman–Crippen LogP) is 9.60. The summed E-state index contributed by atoms with van der Waals surface area (Å²) in [5.74, 6) is -0.255. The lowest BCUT2D eigenvalue weighted by molar-refractivity contribution is -0.870. The molecule has 0 bridgehead atoms. The molecule has 4 N–H and O–H groups in total. The number of nitrogens with zero attached hydrogens (tertiary/aromatic N) is 1. The van der Waals surface area contributed by atoms with Crippen LogP contribution in [0.15, 0.2) is 85.1 Å². The molecular formula is C43H76N2O7P+. The van der Waals surface area contributed by atoms with E-state index < -0.39 is 20.0 Å². The van der Waals surface area contributed by atoms with Crippen molar-refractivity contribution < 1.29 is 38.0 Å². The van der Waals surface area contributed by atoms with E-state index in [4.69, 9.17) is 9.05 Å². The normalized spacial score (nSPS) is 16.0. The zero-order chi connectivity index (χ0) is 39.5. The zero-order valence-corrected chi connectivity index (χ0v) is 34.7. The first-order valence-electron chi connectivity index (χ1n) is 20.1. The number of carbonyl (C=O) groups excluding carboxylic acids is 1. The average Bonchev–Trinajstić information content (AvgIpc) is 3.10. The number of amides is 1. The lowest BCUT2D eigenvalue weighted by atomic mass is 10.1. The van der Waals surface area contributed by atoms with E-state index >= 15 is 0 Å². The van der Waals surface area contributed by atoms with Crippen LogP contribution in [0.25, 0.3) is 0 Å². The third-order valence-electron chi connectivity index (χ3n) is 8.23. The van der Waals surface area contributed by atoms with Crippen LogP contribution in [-0.2, 0) is 18.4 Å². The molecule has 10 heteroatoms. The summed E-state index contributed by atoms with van der Waals surface area (Å²) in [7, 11) is 1.49. The lowest BCUT2D eigenvalue weighted by Crippen LogP contribution is -2.45. The van der Waals surface area contributed by atoms with Gasteiger partial charge in [-0.1, -0.05) is 131 Å². The van der Waals surface area contributed by atoms with Crippen molar-refractivity contribution in [3.05, 3.63) is 85.1 Å². The number of allylic oxidation sites excluding steroid dienone is 12. The first kappa shape index (κ1) is 50.6. The van der Waals surface area contributed by atoms with E-state index in [1.165, 1.54) is 38.5 Å². The standard InChI is InChI=1S/C43H75N2O7P/c1-6-8-9-10-11-12-13-16-20-23-26-29-32-35-42(47)41(39-52-53(49,50)51-38-37-45(3,4)5)44-43(48)36-33-30-27-24-21-18-15-14-17-19-22-25-28-31-34-40(46)7-2/h9-10,15,17-19,24-25,27-28,31-32,34-35,40-42,46-47H,6-8,11-14,16,20-23,26,29-30,33,36-39H2,1-5H3,(H-,44,48,49,50)/p+1/b10-9-,18-15-,19-17-,27-24-,28-25-,34-31+,35-32+/t40-,41+,42-/m1/s1. The van der Waals surface area contributed by atoms with Gasteiger partial charge in [-0.25, -0.2) is 4.57 Å². The van der Waals surface area contributed by atoms with Crippen molar-refractivity contribution in [3.63, 3.8) is 0 Å². The maximum absolute atomic E-state index is 12.8. The number of unbranched alkanes of at least 4 members (excludes halogenated alkanes) is 9. The number of aliphatic hydroxyl groups is 2. The monoisotopic (exact) mass is 764 g/mol. The van der Waals surface area contributed by atoms with Crippen LogP contribution in [-0.4, -0.2) is 84.6 Å². The van der Waals surface area contributed by atoms with Gasteiger partial charge in [0.05, 0.1) is 46.0 Å². The van der Waals surface area contributed by atoms with Crippen molar-refractivity contribution in [2.75, 3.05) is 40.9 Å². The minimum atomic E-state index is -4.36. The zero-order valence-electron chi connectivity index (χ0n) is 33.8. The minimum absolute atomic E-state index is 0.0377. The Kier molecular flexibility index (Phi) is 32.6. The molecule has 0 spiro atoms. The molecule has 0 aromatic rings. The largest absolute Gasteiger partial charge is 0.472 e. The summed E-state index contributed by atoms with van der Waals surface area (Å²) in [5, 5.41) is 23.2. The molecular weight excluding hydrogens is 687 g/mol. The first-order valence-corrected chi connectivity index (χ1v) is 21.6. The molecule has 0 aliphatic heterocycles. The number of rotatable bonds is 34. The van der Waals surface area contributed by atoms with E-state index in [2.05, 4.69) is 60.8 Å². The van der Waals surface area contributed by atoms with Crippen LogP contribution >= 0.6 is 7.82 Å². The van der Waals surface area contributed by atoms with Crippen molar-refractivity contribution in [3.8, 4) is 0 Å². The Labute approximate surface area is 323 Å². The van der Waals surface area contributed by atoms with Gasteiger partial charge in [-0.15, -0.1) is 0 Å². The van der Waals surface area contributed by atoms with Crippen LogP contribution in [0.4, 0.5) is 0 Å². The number of hydrogen-bond donors (Lipinski definition) is 4. The average molecular weight is 764 g/mol. The predicted molar refractivity (Wildman–Crippen MR) is 222 cm³/mol. The molecule has 1 amide bonds. The second-order valence-electron chi connectivity index (χ2n) is 14.5. The highest BCUT2D eigenvalue weighted by Crippen LogP contribution is 2.43. The summed E-state index contributed by atoms with van der Waals surface area (Å²) in [6.07, 6.45) is 43.2. The molecule has 1 unspecified atom stereocenters. The highest BCUT2D eigenvalue weighted by molar-refractivity contribution is 7.47. The summed E-state index contributed by atoms with van der Waals surface area (Å²) in [5.41, 5.74) is 0. The molecule has 0 aromatic carbocycles. The van der Waals surface area contributed by atoms with Gasteiger partial charge in [0.25, 0.3) is 0 Å². The summed E-state index contributed by atoms with van der Waals surface area (Å²) in [4.78, 5) is 23.0. The molecule has 9 nitrogen and oxygen atoms in total. The molecule has 53 heavy (non-hydrogen) atoms. The number of carbonyl (C=O) groups is 1. The quantitative estimate of drug-likeness (QED) is 0.0169. The fourth-order valence-corrected chi connectivity index (χ4v) is 5.59. The maximum Gasteiger partial charge on any atom is 0.472 e. The van der Waals surface area contributed by atoms with E-state index in [0.29, 0.717) is 17.4 Å². The number of phosphoric acid groups is 1. The number of aliphatic hydroxyl groups excluding tert-OH is 2. The molecule has 0 aliphatic rings. The van der Waals surface area contributed by atoms with Gasteiger partial charge in [-0.3, -0.25) is 13.8 Å². The second-order valence-corrected chi connectivity index (χ2v) is 15.9. The maximum atomic E-state index is 12.8. The topological polar surface area (TPSA) is 125 Å². The van der Waals surface area contributed by atoms with E-state index in [0.717, 1.165) is 57.8 Å². The van der Waals surface area contributed by atoms with Crippen LogP contribution in [0.3, 0.4) is 0 Å². The van der Waals surface area contributed by atoms with E-state index in [-0.39, 0.29) is 31.6 Å². The highest BCUT2D eigenvalue weighted by atomic mass is 31.2. The fourth-order valence-electron chi connectivity index (χ4n) is 4.85. The van der Waals surface area contributed by atoms with Crippen LogP contribution in [0.2, 0.25) is 0 Å². The Morgan fingerprint density at radius 3 is 1.87 bits per heavy atom. The highest BCUT2D eigenvalue weighted by Gasteiger charge is 2.27. The number of phosphoric ester groups is 1. The van der Waals surface area contributed by atoms with Crippen molar-refractivity contribution in [1.82, 2.24) is 5.32 Å². The van der Waals surface area contributed by atoms with Gasteiger partial charge in [0.1, 0.15) is 13.2 Å². The van der Waals surface area contributed by atoms with Gasteiger partial charge in [-0.2, -0.15) is 0 Å². The molecule has 0 saturated heterocycles. The smallest absolute Gasteiger partial charge is 0.389 e. The molecule has 0 fully saturated rings. The summed E-state index contributed by atoms with van der Waals surface area (Å²) >= 11 is 0. The Morgan fingerprint density at radius 2 is 1.25 bits per heavy atom. The molecule has 0 rings (SSSR count). The third kappa shape index (κ3) is 36.4. The summed E-state index contributed by atoms with van der Waals surface area (Å²) < 4.78 is 23.4. The lowest BCUT2D eigenvalue weighted by Gasteiger charge is -2.25. The third-order valence-corrected chi connectivity index (χ3v) is 9.21. The number of quaternary nitrogens is 1. The van der Waals surface area contributed by atoms with Crippen LogP contribution in [0.5, 0.6) is 0 Å². The van der Waals surface area contributed by atoms with Crippen LogP contribution < -0.4 is 5.32 Å². The van der Waals surface area contributed by atoms with Gasteiger partial charge < -0.3 is 24.9 Å². The van der Waals surface area contributed by atoms with Gasteiger partial charge in [0, 0.05) is 6.42 Å². The minimum Gasteiger partial charge on any atom is -0.389 e. The SMILES string of the molecule is CCC/C=C\CCCCCCCC/C=C/[C@@H](O)[C@H](COP(=O)(O)OCC[N+](C)(C)C)NC(=O)CCC/C=C\C/C=C\C/C=C\C/C=C\C=C\[C@H](O)CC. The second kappa shape index (κ2) is 34.2. The fraction of sp³-hybridized carbons (Fsp3) is 0.651. The van der Waals surface area contributed by atoms with Crippen molar-refractivity contribution in [2.45, 2.75) is 141 Å². The van der Waals surface area contributed by atoms with E-state index in [1.54, 1.807) is 12.2 Å². The Morgan fingerprint density at radius 1 is 0.698 bits per heavy atom.